The molecule has 0 heterocycles. The number of aromatic hydroxyl groups is 1. The summed E-state index contributed by atoms with van der Waals surface area (Å²) in [5, 5.41) is 12.0. The quantitative estimate of drug-likeness (QED) is 0.780. The number of nitrogens with two attached hydrogens (primary N) is 1. The molecule has 0 aliphatic rings. The van der Waals surface area contributed by atoms with Gasteiger partial charge in [0.05, 0.1) is 0 Å². The maximum Gasteiger partial charge on any atom is 0.251 e. The summed E-state index contributed by atoms with van der Waals surface area (Å²) in [6.07, 6.45) is 0. The third kappa shape index (κ3) is 3.33. The fourth-order valence-electron chi connectivity index (χ4n) is 1.82. The summed E-state index contributed by atoms with van der Waals surface area (Å²) in [6, 6.07) is 13.9. The summed E-state index contributed by atoms with van der Waals surface area (Å²) in [4.78, 5) is 11.9. The first kappa shape index (κ1) is 13.1. The first-order valence-electron chi connectivity index (χ1n) is 6.05. The van der Waals surface area contributed by atoms with Crippen molar-refractivity contribution in [3.63, 3.8) is 0 Å². The average molecular weight is 256 g/mol. The van der Waals surface area contributed by atoms with E-state index in [1.54, 1.807) is 12.1 Å². The van der Waals surface area contributed by atoms with Crippen LogP contribution in [0.1, 0.15) is 21.5 Å². The van der Waals surface area contributed by atoms with Crippen molar-refractivity contribution in [2.24, 2.45) is 5.73 Å². The summed E-state index contributed by atoms with van der Waals surface area (Å²) in [7, 11) is 0. The third-order valence-electron chi connectivity index (χ3n) is 2.91. The van der Waals surface area contributed by atoms with Gasteiger partial charge in [0.15, 0.2) is 0 Å². The molecule has 4 nitrogen and oxygen atoms in total. The first-order valence-corrected chi connectivity index (χ1v) is 6.05. The molecule has 0 atom stereocenters. The molecular formula is C15H16N2O2. The second-order valence-corrected chi connectivity index (χ2v) is 4.20. The molecule has 4 N–H and O–H groups in total. The Balaban J connectivity index is 2.02. The van der Waals surface area contributed by atoms with Crippen LogP contribution >= 0.6 is 0 Å². The molecule has 0 unspecified atom stereocenters. The van der Waals surface area contributed by atoms with Crippen molar-refractivity contribution in [1.82, 2.24) is 5.32 Å². The Morgan fingerprint density at radius 2 is 1.68 bits per heavy atom. The minimum atomic E-state index is -0.174. The molecular weight excluding hydrogens is 240 g/mol. The van der Waals surface area contributed by atoms with Crippen LogP contribution in [0, 0.1) is 0 Å². The van der Waals surface area contributed by atoms with E-state index in [1.165, 1.54) is 12.1 Å². The number of benzene rings is 2. The average Bonchev–Trinajstić information content (AvgIpc) is 2.45. The zero-order valence-electron chi connectivity index (χ0n) is 10.5. The van der Waals surface area contributed by atoms with E-state index in [-0.39, 0.29) is 11.7 Å². The highest BCUT2D eigenvalue weighted by Gasteiger charge is 2.06. The maximum absolute atomic E-state index is 11.9. The van der Waals surface area contributed by atoms with Gasteiger partial charge >= 0.3 is 0 Å². The fraction of sp³-hybridized carbons (Fsp3) is 0.133. The molecule has 2 rings (SSSR count). The van der Waals surface area contributed by atoms with Gasteiger partial charge in [0.1, 0.15) is 5.75 Å². The zero-order valence-corrected chi connectivity index (χ0v) is 10.5. The van der Waals surface area contributed by atoms with Gasteiger partial charge in [0.25, 0.3) is 5.91 Å². The topological polar surface area (TPSA) is 75.3 Å². The van der Waals surface area contributed by atoms with E-state index in [4.69, 9.17) is 10.8 Å². The summed E-state index contributed by atoms with van der Waals surface area (Å²) >= 11 is 0. The monoisotopic (exact) mass is 256 g/mol. The Bertz CT molecular complexity index is 565. The van der Waals surface area contributed by atoms with Gasteiger partial charge in [-0.3, -0.25) is 4.79 Å². The normalized spacial score (nSPS) is 10.2. The molecule has 98 valence electrons. The highest BCUT2D eigenvalue weighted by atomic mass is 16.3. The molecule has 19 heavy (non-hydrogen) atoms. The van der Waals surface area contributed by atoms with Crippen molar-refractivity contribution in [2.45, 2.75) is 13.1 Å². The summed E-state index contributed by atoms with van der Waals surface area (Å²) < 4.78 is 0. The lowest BCUT2D eigenvalue weighted by molar-refractivity contribution is 0.0951. The van der Waals surface area contributed by atoms with Crippen LogP contribution < -0.4 is 11.1 Å². The number of hydrogen-bond donors (Lipinski definition) is 3. The van der Waals surface area contributed by atoms with Gasteiger partial charge in [0.2, 0.25) is 0 Å². The zero-order chi connectivity index (χ0) is 13.7. The van der Waals surface area contributed by atoms with Gasteiger partial charge in [-0.05, 0) is 35.4 Å². The van der Waals surface area contributed by atoms with Gasteiger partial charge in [-0.2, -0.15) is 0 Å². The van der Waals surface area contributed by atoms with Crippen molar-refractivity contribution >= 4 is 5.91 Å². The third-order valence-corrected chi connectivity index (χ3v) is 2.91. The van der Waals surface area contributed by atoms with Gasteiger partial charge in [0, 0.05) is 18.7 Å². The lowest BCUT2D eigenvalue weighted by Crippen LogP contribution is -2.23. The molecule has 0 saturated heterocycles. The van der Waals surface area contributed by atoms with E-state index in [1.807, 2.05) is 24.3 Å². The summed E-state index contributed by atoms with van der Waals surface area (Å²) in [6.45, 7) is 0.887. The standard InChI is InChI=1S/C15H16N2O2/c16-9-12-3-1-2-4-13(12)10-17-15(19)11-5-7-14(18)8-6-11/h1-8,18H,9-10,16H2,(H,17,19). The maximum atomic E-state index is 11.9. The van der Waals surface area contributed by atoms with E-state index in [0.717, 1.165) is 11.1 Å². The van der Waals surface area contributed by atoms with Crippen LogP contribution in [0.4, 0.5) is 0 Å². The van der Waals surface area contributed by atoms with Crippen molar-refractivity contribution in [2.75, 3.05) is 0 Å². The van der Waals surface area contributed by atoms with Gasteiger partial charge < -0.3 is 16.2 Å². The Morgan fingerprint density at radius 3 is 2.32 bits per heavy atom. The Hall–Kier alpha value is -2.33. The van der Waals surface area contributed by atoms with Gasteiger partial charge in [-0.25, -0.2) is 0 Å². The predicted molar refractivity (Wildman–Crippen MR) is 73.6 cm³/mol. The number of rotatable bonds is 4. The molecule has 0 fully saturated rings. The Morgan fingerprint density at radius 1 is 1.05 bits per heavy atom. The van der Waals surface area contributed by atoms with Gasteiger partial charge in [-0.1, -0.05) is 24.3 Å². The first-order chi connectivity index (χ1) is 9.20. The minimum Gasteiger partial charge on any atom is -0.508 e. The number of carbonyl (C=O) groups excluding carboxylic acids is 1. The minimum absolute atomic E-state index is 0.144. The van der Waals surface area contributed by atoms with E-state index in [9.17, 15) is 4.79 Å². The molecule has 0 bridgehead atoms. The van der Waals surface area contributed by atoms with Crippen molar-refractivity contribution < 1.29 is 9.90 Å². The van der Waals surface area contributed by atoms with Crippen LogP contribution in [-0.4, -0.2) is 11.0 Å². The van der Waals surface area contributed by atoms with Crippen LogP contribution in [-0.2, 0) is 13.1 Å². The molecule has 4 heteroatoms. The lowest BCUT2D eigenvalue weighted by Gasteiger charge is -2.09. The van der Waals surface area contributed by atoms with E-state index in [0.29, 0.717) is 18.7 Å². The Kier molecular flexibility index (Phi) is 4.15. The molecule has 0 aromatic heterocycles. The van der Waals surface area contributed by atoms with E-state index >= 15 is 0 Å². The summed E-state index contributed by atoms with van der Waals surface area (Å²) in [5.74, 6) is -0.0307. The predicted octanol–water partition coefficient (Wildman–Crippen LogP) is 1.78. The molecule has 0 aliphatic heterocycles. The van der Waals surface area contributed by atoms with Crippen LogP contribution in [0.15, 0.2) is 48.5 Å². The smallest absolute Gasteiger partial charge is 0.251 e. The molecule has 0 spiro atoms. The number of hydrogen-bond acceptors (Lipinski definition) is 3. The number of phenolic OH excluding ortho intramolecular Hbond substituents is 1. The highest BCUT2D eigenvalue weighted by molar-refractivity contribution is 5.94. The summed E-state index contributed by atoms with van der Waals surface area (Å²) in [5.41, 5.74) is 8.19. The fourth-order valence-corrected chi connectivity index (χ4v) is 1.82. The van der Waals surface area contributed by atoms with Crippen LogP contribution in [0.25, 0.3) is 0 Å². The van der Waals surface area contributed by atoms with Crippen LogP contribution in [0.3, 0.4) is 0 Å². The number of carbonyl (C=O) groups is 1. The van der Waals surface area contributed by atoms with Crippen LogP contribution in [0.2, 0.25) is 0 Å². The SMILES string of the molecule is NCc1ccccc1CNC(=O)c1ccc(O)cc1. The second-order valence-electron chi connectivity index (χ2n) is 4.20. The molecule has 0 aliphatic carbocycles. The molecule has 2 aromatic rings. The van der Waals surface area contributed by atoms with Crippen molar-refractivity contribution in [3.8, 4) is 5.75 Å². The number of phenols is 1. The molecule has 0 radical (unpaired) electrons. The van der Waals surface area contributed by atoms with E-state index < -0.39 is 0 Å². The van der Waals surface area contributed by atoms with Crippen molar-refractivity contribution in [1.29, 1.82) is 0 Å². The number of nitrogens with one attached hydrogen (secondary N) is 1. The largest absolute Gasteiger partial charge is 0.508 e. The highest BCUT2D eigenvalue weighted by Crippen LogP contribution is 2.11. The molecule has 1 amide bonds. The molecule has 0 saturated carbocycles. The Labute approximate surface area is 111 Å². The number of amides is 1. The van der Waals surface area contributed by atoms with Crippen LogP contribution in [0.5, 0.6) is 5.75 Å². The lowest BCUT2D eigenvalue weighted by atomic mass is 10.1. The van der Waals surface area contributed by atoms with Crippen molar-refractivity contribution in [3.05, 3.63) is 65.2 Å². The van der Waals surface area contributed by atoms with E-state index in [2.05, 4.69) is 5.32 Å². The van der Waals surface area contributed by atoms with Gasteiger partial charge in [-0.15, -0.1) is 0 Å². The molecule has 2 aromatic carbocycles. The second kappa shape index (κ2) is 6.02.